The number of sulfonamides is 1. The zero-order valence-electron chi connectivity index (χ0n) is 11.2. The number of nitrogens with one attached hydrogen (secondary N) is 1. The van der Waals surface area contributed by atoms with Crippen LogP contribution in [0.1, 0.15) is 13.8 Å². The van der Waals surface area contributed by atoms with Crippen molar-refractivity contribution in [3.8, 4) is 0 Å². The number of rotatable bonds is 4. The van der Waals surface area contributed by atoms with Crippen LogP contribution in [0.3, 0.4) is 0 Å². The highest BCUT2D eigenvalue weighted by Crippen LogP contribution is 2.24. The third-order valence-electron chi connectivity index (χ3n) is 3.01. The largest absolute Gasteiger partial charge is 0.370 e. The Morgan fingerprint density at radius 1 is 1.53 bits per heavy atom. The van der Waals surface area contributed by atoms with Gasteiger partial charge in [-0.05, 0) is 26.0 Å². The molecule has 0 spiro atoms. The molecule has 2 heterocycles. The summed E-state index contributed by atoms with van der Waals surface area (Å²) in [5, 5.41) is 3.05. The highest BCUT2D eigenvalue weighted by molar-refractivity contribution is 7.99. The molecule has 2 rings (SSSR count). The second-order valence-electron chi connectivity index (χ2n) is 4.45. The standard InChI is InChI=1S/C12H19N3O2S2/c1-3-13-12-5-4-11(8-14-12)19(16,17)15-6-7-18-9-10(15)2/h4-5,8,10H,3,6-7,9H2,1-2H3,(H,13,14). The Kier molecular flexibility index (Phi) is 4.70. The Labute approximate surface area is 118 Å². The molecule has 0 saturated carbocycles. The van der Waals surface area contributed by atoms with E-state index in [1.165, 1.54) is 6.20 Å². The summed E-state index contributed by atoms with van der Waals surface area (Å²) in [7, 11) is -3.41. The van der Waals surface area contributed by atoms with Gasteiger partial charge < -0.3 is 5.32 Å². The summed E-state index contributed by atoms with van der Waals surface area (Å²) < 4.78 is 26.6. The Bertz CT molecular complexity index is 516. The van der Waals surface area contributed by atoms with E-state index in [4.69, 9.17) is 0 Å². The van der Waals surface area contributed by atoms with Crippen molar-refractivity contribution in [3.05, 3.63) is 18.3 Å². The van der Waals surface area contributed by atoms with Gasteiger partial charge in [0.05, 0.1) is 0 Å². The Morgan fingerprint density at radius 3 is 2.89 bits per heavy atom. The van der Waals surface area contributed by atoms with E-state index in [-0.39, 0.29) is 10.9 Å². The van der Waals surface area contributed by atoms with E-state index in [9.17, 15) is 8.42 Å². The number of aromatic nitrogens is 1. The van der Waals surface area contributed by atoms with Crippen molar-refractivity contribution in [2.24, 2.45) is 0 Å². The topological polar surface area (TPSA) is 62.3 Å². The SMILES string of the molecule is CCNc1ccc(S(=O)(=O)N2CCSCC2C)cn1. The summed E-state index contributed by atoms with van der Waals surface area (Å²) in [5.74, 6) is 2.40. The Balaban J connectivity index is 2.23. The molecule has 5 nitrogen and oxygen atoms in total. The smallest absolute Gasteiger partial charge is 0.244 e. The minimum Gasteiger partial charge on any atom is -0.370 e. The van der Waals surface area contributed by atoms with Crippen LogP contribution in [0.2, 0.25) is 0 Å². The number of hydrogen-bond donors (Lipinski definition) is 1. The number of hydrogen-bond acceptors (Lipinski definition) is 5. The maximum Gasteiger partial charge on any atom is 0.244 e. The molecule has 1 aromatic rings. The first-order chi connectivity index (χ1) is 9.05. The van der Waals surface area contributed by atoms with Crippen LogP contribution in [0.15, 0.2) is 23.2 Å². The molecule has 0 bridgehead atoms. The zero-order chi connectivity index (χ0) is 13.9. The van der Waals surface area contributed by atoms with Crippen molar-refractivity contribution in [2.45, 2.75) is 24.8 Å². The highest BCUT2D eigenvalue weighted by Gasteiger charge is 2.31. The van der Waals surface area contributed by atoms with Crippen molar-refractivity contribution < 1.29 is 8.42 Å². The fourth-order valence-electron chi connectivity index (χ4n) is 2.02. The van der Waals surface area contributed by atoms with Crippen LogP contribution in [0, 0.1) is 0 Å². The maximum atomic E-state index is 12.5. The van der Waals surface area contributed by atoms with Crippen LogP contribution in [0.4, 0.5) is 5.82 Å². The Hall–Kier alpha value is -0.790. The lowest BCUT2D eigenvalue weighted by molar-refractivity contribution is 0.367. The molecule has 0 amide bonds. The molecule has 7 heteroatoms. The molecule has 1 aliphatic heterocycles. The van der Waals surface area contributed by atoms with Gasteiger partial charge >= 0.3 is 0 Å². The number of pyridine rings is 1. The van der Waals surface area contributed by atoms with Gasteiger partial charge in [-0.1, -0.05) is 0 Å². The van der Waals surface area contributed by atoms with E-state index in [0.29, 0.717) is 12.4 Å². The van der Waals surface area contributed by atoms with Gasteiger partial charge in [-0.2, -0.15) is 16.1 Å². The summed E-state index contributed by atoms with van der Waals surface area (Å²) >= 11 is 1.80. The molecule has 106 valence electrons. The first kappa shape index (κ1) is 14.6. The summed E-state index contributed by atoms with van der Waals surface area (Å²) in [6, 6.07) is 3.37. The van der Waals surface area contributed by atoms with Gasteiger partial charge in [-0.15, -0.1) is 0 Å². The van der Waals surface area contributed by atoms with E-state index in [1.54, 1.807) is 28.2 Å². The van der Waals surface area contributed by atoms with Gasteiger partial charge in [0.2, 0.25) is 10.0 Å². The fraction of sp³-hybridized carbons (Fsp3) is 0.583. The fourth-order valence-corrected chi connectivity index (χ4v) is 4.82. The number of thioether (sulfide) groups is 1. The van der Waals surface area contributed by atoms with Gasteiger partial charge in [-0.3, -0.25) is 0 Å². The van der Waals surface area contributed by atoms with Crippen molar-refractivity contribution in [1.82, 2.24) is 9.29 Å². The van der Waals surface area contributed by atoms with Crippen LogP contribution >= 0.6 is 11.8 Å². The summed E-state index contributed by atoms with van der Waals surface area (Å²) in [6.45, 7) is 5.26. The predicted octanol–water partition coefficient (Wildman–Crippen LogP) is 1.64. The summed E-state index contributed by atoms with van der Waals surface area (Å²) in [5.41, 5.74) is 0. The third-order valence-corrected chi connectivity index (χ3v) is 6.19. The minimum atomic E-state index is -3.41. The average molecular weight is 301 g/mol. The predicted molar refractivity (Wildman–Crippen MR) is 79.1 cm³/mol. The zero-order valence-corrected chi connectivity index (χ0v) is 12.8. The van der Waals surface area contributed by atoms with Gasteiger partial charge in [0.25, 0.3) is 0 Å². The maximum absolute atomic E-state index is 12.5. The van der Waals surface area contributed by atoms with E-state index < -0.39 is 10.0 Å². The lowest BCUT2D eigenvalue weighted by atomic mass is 10.4. The van der Waals surface area contributed by atoms with Crippen molar-refractivity contribution >= 4 is 27.6 Å². The molecular formula is C12H19N3O2S2. The molecule has 1 saturated heterocycles. The van der Waals surface area contributed by atoms with Crippen molar-refractivity contribution in [2.75, 3.05) is 29.9 Å². The normalized spacial score (nSPS) is 21.3. The van der Waals surface area contributed by atoms with Gasteiger partial charge in [0, 0.05) is 36.8 Å². The second kappa shape index (κ2) is 6.11. The monoisotopic (exact) mass is 301 g/mol. The van der Waals surface area contributed by atoms with E-state index in [2.05, 4.69) is 10.3 Å². The van der Waals surface area contributed by atoms with Crippen LogP contribution in [0.5, 0.6) is 0 Å². The van der Waals surface area contributed by atoms with Crippen molar-refractivity contribution in [1.29, 1.82) is 0 Å². The van der Waals surface area contributed by atoms with Crippen LogP contribution in [-0.4, -0.2) is 48.3 Å². The van der Waals surface area contributed by atoms with E-state index >= 15 is 0 Å². The van der Waals surface area contributed by atoms with E-state index in [0.717, 1.165) is 18.1 Å². The van der Waals surface area contributed by atoms with Gasteiger partial charge in [-0.25, -0.2) is 13.4 Å². The third kappa shape index (κ3) is 3.21. The molecular weight excluding hydrogens is 282 g/mol. The second-order valence-corrected chi connectivity index (χ2v) is 7.49. The lowest BCUT2D eigenvalue weighted by Crippen LogP contribution is -2.44. The quantitative estimate of drug-likeness (QED) is 0.916. The van der Waals surface area contributed by atoms with Gasteiger partial charge in [0.1, 0.15) is 10.7 Å². The highest BCUT2D eigenvalue weighted by atomic mass is 32.2. The minimum absolute atomic E-state index is 0.0391. The molecule has 1 atom stereocenters. The first-order valence-corrected chi connectivity index (χ1v) is 8.94. The van der Waals surface area contributed by atoms with Crippen LogP contribution in [-0.2, 0) is 10.0 Å². The lowest BCUT2D eigenvalue weighted by Gasteiger charge is -2.31. The molecule has 1 fully saturated rings. The molecule has 1 aliphatic rings. The summed E-state index contributed by atoms with van der Waals surface area (Å²) in [6.07, 6.45) is 1.43. The molecule has 0 aromatic carbocycles. The van der Waals surface area contributed by atoms with E-state index in [1.807, 2.05) is 13.8 Å². The van der Waals surface area contributed by atoms with Crippen LogP contribution in [0.25, 0.3) is 0 Å². The molecule has 0 aliphatic carbocycles. The molecule has 1 N–H and O–H groups in total. The average Bonchev–Trinajstić information content (AvgIpc) is 2.40. The molecule has 1 aromatic heterocycles. The summed E-state index contributed by atoms with van der Waals surface area (Å²) in [4.78, 5) is 4.40. The molecule has 19 heavy (non-hydrogen) atoms. The van der Waals surface area contributed by atoms with Gasteiger partial charge in [0.15, 0.2) is 0 Å². The number of nitrogens with zero attached hydrogens (tertiary/aromatic N) is 2. The Morgan fingerprint density at radius 2 is 2.32 bits per heavy atom. The van der Waals surface area contributed by atoms with Crippen molar-refractivity contribution in [3.63, 3.8) is 0 Å². The molecule has 1 unspecified atom stereocenters. The van der Waals surface area contributed by atoms with Crippen LogP contribution < -0.4 is 5.32 Å². The first-order valence-electron chi connectivity index (χ1n) is 6.35. The number of anilines is 1. The molecule has 0 radical (unpaired) electrons.